The smallest absolute Gasteiger partial charge is 0.331 e. The molecule has 0 amide bonds. The molecule has 6 heteroatoms. The molecule has 0 aliphatic rings. The van der Waals surface area contributed by atoms with E-state index in [1.165, 1.54) is 0 Å². The van der Waals surface area contributed by atoms with Crippen molar-refractivity contribution in [2.24, 2.45) is 0 Å². The first-order valence-corrected chi connectivity index (χ1v) is 15.7. The largest absolute Gasteiger partial charge is 0.457 e. The fraction of sp³-hybridized carbons (Fsp3) is 0.857. The molecule has 0 aliphatic carbocycles. The molecule has 0 spiro atoms. The average Bonchev–Trinajstić information content (AvgIpc) is 2.37. The second-order valence-corrected chi connectivity index (χ2v) is 21.1. The molecule has 0 saturated heterocycles. The Bertz CT molecular complexity index is 498. The topological polar surface area (TPSA) is 44.8 Å². The molecule has 0 atom stereocenters. The Hall–Kier alpha value is -0.436. The number of ether oxygens (including phenoxy) is 1. The molecule has 0 N–H and O–H groups in total. The van der Waals surface area contributed by atoms with E-state index in [0.717, 1.165) is 5.57 Å². The van der Waals surface area contributed by atoms with E-state index in [2.05, 4.69) is 67.7 Å². The van der Waals surface area contributed by atoms with Crippen molar-refractivity contribution < 1.29 is 18.4 Å². The van der Waals surface area contributed by atoms with Crippen LogP contribution in [0.4, 0.5) is 0 Å². The number of hydrogen-bond acceptors (Lipinski definition) is 4. The molecule has 0 fully saturated rings. The normalized spacial score (nSPS) is 14.1. The minimum atomic E-state index is -1.91. The Morgan fingerprint density at radius 1 is 0.741 bits per heavy atom. The lowest BCUT2D eigenvalue weighted by molar-refractivity contribution is -0.148. The molecule has 0 aromatic carbocycles. The van der Waals surface area contributed by atoms with Crippen LogP contribution in [0.3, 0.4) is 0 Å². The average molecular weight is 417 g/mol. The van der Waals surface area contributed by atoms with Crippen molar-refractivity contribution in [2.75, 3.05) is 13.2 Å². The van der Waals surface area contributed by atoms with Gasteiger partial charge in [0.15, 0.2) is 16.6 Å². The van der Waals surface area contributed by atoms with Gasteiger partial charge in [-0.25, -0.2) is 4.79 Å². The third-order valence-electron chi connectivity index (χ3n) is 5.58. The van der Waals surface area contributed by atoms with Crippen LogP contribution in [0.25, 0.3) is 0 Å². The first kappa shape index (κ1) is 26.6. The molecule has 0 saturated carbocycles. The van der Waals surface area contributed by atoms with Gasteiger partial charge in [-0.3, -0.25) is 0 Å². The summed E-state index contributed by atoms with van der Waals surface area (Å²) in [5.74, 6) is -0.338. The molecule has 0 rings (SSSR count). The van der Waals surface area contributed by atoms with Gasteiger partial charge in [0.1, 0.15) is 5.60 Å². The highest BCUT2D eigenvalue weighted by molar-refractivity contribution is 6.74. The number of esters is 1. The molecular weight excluding hydrogens is 372 g/mol. The number of carbonyl (C=O) groups is 1. The van der Waals surface area contributed by atoms with Crippen LogP contribution in [-0.2, 0) is 18.4 Å². The zero-order chi connectivity index (χ0) is 21.9. The van der Waals surface area contributed by atoms with Crippen LogP contribution >= 0.6 is 0 Å². The zero-order valence-electron chi connectivity index (χ0n) is 20.1. The minimum Gasteiger partial charge on any atom is -0.457 e. The van der Waals surface area contributed by atoms with Gasteiger partial charge in [-0.2, -0.15) is 0 Å². The number of hydrogen-bond donors (Lipinski definition) is 0. The van der Waals surface area contributed by atoms with Gasteiger partial charge < -0.3 is 13.6 Å². The lowest BCUT2D eigenvalue weighted by Gasteiger charge is -2.38. The highest BCUT2D eigenvalue weighted by Gasteiger charge is 2.39. The highest BCUT2D eigenvalue weighted by atomic mass is 28.4. The van der Waals surface area contributed by atoms with Gasteiger partial charge in [-0.05, 0) is 62.6 Å². The summed E-state index contributed by atoms with van der Waals surface area (Å²) in [6, 6.07) is 0. The first-order valence-electron chi connectivity index (χ1n) is 9.88. The van der Waals surface area contributed by atoms with Gasteiger partial charge in [0.05, 0.1) is 13.2 Å². The molecule has 0 unspecified atom stereocenters. The van der Waals surface area contributed by atoms with Crippen molar-refractivity contribution in [1.29, 1.82) is 0 Å². The van der Waals surface area contributed by atoms with Crippen molar-refractivity contribution in [3.8, 4) is 0 Å². The Kier molecular flexibility index (Phi) is 8.78. The van der Waals surface area contributed by atoms with Crippen LogP contribution in [0.1, 0.15) is 62.3 Å². The van der Waals surface area contributed by atoms with Gasteiger partial charge in [0, 0.05) is 6.08 Å². The summed E-state index contributed by atoms with van der Waals surface area (Å²) < 4.78 is 18.1. The molecule has 27 heavy (non-hydrogen) atoms. The van der Waals surface area contributed by atoms with E-state index < -0.39 is 22.2 Å². The molecule has 4 nitrogen and oxygen atoms in total. The number of rotatable bonds is 7. The Morgan fingerprint density at radius 2 is 1.07 bits per heavy atom. The maximum atomic E-state index is 12.3. The third-order valence-corrected chi connectivity index (χ3v) is 14.5. The van der Waals surface area contributed by atoms with Crippen molar-refractivity contribution in [2.45, 2.75) is 104 Å². The van der Waals surface area contributed by atoms with Crippen LogP contribution in [0.2, 0.25) is 36.3 Å². The standard InChI is InChI=1S/C21H44O4Si2/c1-19(2,3)25-18(22)14-17(15-23-26(10,11)20(4,5)6)16-24-27(12,13)21(7,8)9/h14H,15-16H2,1-13H3. The van der Waals surface area contributed by atoms with E-state index in [-0.39, 0.29) is 16.0 Å². The lowest BCUT2D eigenvalue weighted by atomic mass is 10.2. The molecule has 0 aromatic rings. The first-order chi connectivity index (χ1) is 11.7. The monoisotopic (exact) mass is 416 g/mol. The number of carbonyl (C=O) groups excluding carboxylic acids is 1. The van der Waals surface area contributed by atoms with E-state index in [1.807, 2.05) is 20.8 Å². The van der Waals surface area contributed by atoms with Crippen molar-refractivity contribution in [1.82, 2.24) is 0 Å². The second-order valence-electron chi connectivity index (χ2n) is 11.4. The lowest BCUT2D eigenvalue weighted by Crippen LogP contribution is -2.43. The minimum absolute atomic E-state index is 0.115. The summed E-state index contributed by atoms with van der Waals surface area (Å²) in [4.78, 5) is 12.3. The quantitative estimate of drug-likeness (QED) is 0.277. The van der Waals surface area contributed by atoms with Crippen LogP contribution < -0.4 is 0 Å². The fourth-order valence-electron chi connectivity index (χ4n) is 1.60. The predicted molar refractivity (Wildman–Crippen MR) is 120 cm³/mol. The molecule has 0 heterocycles. The van der Waals surface area contributed by atoms with Crippen LogP contribution in [0, 0.1) is 0 Å². The van der Waals surface area contributed by atoms with Gasteiger partial charge >= 0.3 is 5.97 Å². The fourth-order valence-corrected chi connectivity index (χ4v) is 3.56. The van der Waals surface area contributed by atoms with E-state index in [4.69, 9.17) is 13.6 Å². The molecule has 0 aromatic heterocycles. The van der Waals surface area contributed by atoms with Crippen molar-refractivity contribution in [3.63, 3.8) is 0 Å². The molecule has 0 aliphatic heterocycles. The van der Waals surface area contributed by atoms with Gasteiger partial charge in [0.2, 0.25) is 0 Å². The summed E-state index contributed by atoms with van der Waals surface area (Å²) in [5.41, 5.74) is 0.332. The Labute approximate surface area is 170 Å². The summed E-state index contributed by atoms with van der Waals surface area (Å²) in [5, 5.41) is 0.231. The maximum Gasteiger partial charge on any atom is 0.331 e. The van der Waals surface area contributed by atoms with Gasteiger partial charge in [-0.1, -0.05) is 41.5 Å². The summed E-state index contributed by atoms with van der Waals surface area (Å²) in [6.45, 7) is 28.6. The third kappa shape index (κ3) is 9.54. The van der Waals surface area contributed by atoms with Crippen molar-refractivity contribution in [3.05, 3.63) is 11.6 Å². The van der Waals surface area contributed by atoms with Gasteiger partial charge in [0.25, 0.3) is 0 Å². The molecule has 160 valence electrons. The molecular formula is C21H44O4Si2. The highest BCUT2D eigenvalue weighted by Crippen LogP contribution is 2.38. The Morgan fingerprint density at radius 3 is 1.33 bits per heavy atom. The van der Waals surface area contributed by atoms with E-state index in [1.54, 1.807) is 6.08 Å². The van der Waals surface area contributed by atoms with Crippen LogP contribution in [0.5, 0.6) is 0 Å². The van der Waals surface area contributed by atoms with E-state index in [0.29, 0.717) is 13.2 Å². The molecule has 0 radical (unpaired) electrons. The van der Waals surface area contributed by atoms with Crippen molar-refractivity contribution >= 4 is 22.6 Å². The SMILES string of the molecule is CC(C)(C)OC(=O)C=C(CO[Si](C)(C)C(C)(C)C)CO[Si](C)(C)C(C)(C)C. The van der Waals surface area contributed by atoms with Crippen LogP contribution in [-0.4, -0.2) is 41.4 Å². The summed E-state index contributed by atoms with van der Waals surface area (Å²) in [6.07, 6.45) is 1.56. The van der Waals surface area contributed by atoms with Crippen LogP contribution in [0.15, 0.2) is 11.6 Å². The Balaban J connectivity index is 5.37. The maximum absolute atomic E-state index is 12.3. The summed E-state index contributed by atoms with van der Waals surface area (Å²) in [7, 11) is -3.83. The molecule has 0 bridgehead atoms. The van der Waals surface area contributed by atoms with E-state index >= 15 is 0 Å². The van der Waals surface area contributed by atoms with E-state index in [9.17, 15) is 4.79 Å². The zero-order valence-corrected chi connectivity index (χ0v) is 22.1. The predicted octanol–water partition coefficient (Wildman–Crippen LogP) is 6.30. The second kappa shape index (κ2) is 8.93. The summed E-state index contributed by atoms with van der Waals surface area (Å²) >= 11 is 0. The van der Waals surface area contributed by atoms with Gasteiger partial charge in [-0.15, -0.1) is 0 Å².